The molecule has 0 aromatic heterocycles. The van der Waals surface area contributed by atoms with Gasteiger partial charge in [0.15, 0.2) is 11.6 Å². The van der Waals surface area contributed by atoms with Crippen LogP contribution in [0.15, 0.2) is 23.3 Å². The van der Waals surface area contributed by atoms with E-state index in [1.807, 2.05) is 34.6 Å². The van der Waals surface area contributed by atoms with Crippen molar-refractivity contribution in [1.82, 2.24) is 0 Å². The number of carbonyl (C=O) groups is 2. The van der Waals surface area contributed by atoms with Gasteiger partial charge in [-0.1, -0.05) is 34.6 Å². The predicted octanol–water partition coefficient (Wildman–Crippen LogP) is 2.69. The number of hydrogen-bond acceptors (Lipinski definition) is 2. The average Bonchev–Trinajstić information content (AvgIpc) is 2.05. The van der Waals surface area contributed by atoms with E-state index in [4.69, 9.17) is 0 Å². The van der Waals surface area contributed by atoms with Crippen molar-refractivity contribution >= 4 is 11.6 Å². The molecule has 0 bridgehead atoms. The van der Waals surface area contributed by atoms with Crippen LogP contribution in [0.25, 0.3) is 0 Å². The van der Waals surface area contributed by atoms with E-state index in [0.29, 0.717) is 11.1 Å². The number of carbonyl (C=O) groups excluding carboxylic acids is 2. The van der Waals surface area contributed by atoms with Crippen molar-refractivity contribution in [2.45, 2.75) is 34.6 Å². The van der Waals surface area contributed by atoms with Gasteiger partial charge in [-0.15, -0.1) is 0 Å². The summed E-state index contributed by atoms with van der Waals surface area (Å²) in [7, 11) is 0. The number of allylic oxidation sites excluding steroid dienone is 4. The molecule has 1 rings (SSSR count). The third-order valence-corrected chi connectivity index (χ3v) is 2.49. The molecule has 0 unspecified atom stereocenters. The molecule has 0 atom stereocenters. The van der Waals surface area contributed by atoms with Gasteiger partial charge < -0.3 is 0 Å². The SMILES string of the molecule is CC(C)C1=C(C(C)(C)C)C(=O)C=CC1=O. The second kappa shape index (κ2) is 3.76. The molecule has 0 heterocycles. The largest absolute Gasteiger partial charge is 0.290 e. The highest BCUT2D eigenvalue weighted by Gasteiger charge is 2.32. The van der Waals surface area contributed by atoms with Crippen LogP contribution in [0.5, 0.6) is 0 Å². The molecule has 2 nitrogen and oxygen atoms in total. The van der Waals surface area contributed by atoms with Crippen LogP contribution < -0.4 is 0 Å². The molecule has 82 valence electrons. The molecular formula is C13H18O2. The Morgan fingerprint density at radius 2 is 1.47 bits per heavy atom. The van der Waals surface area contributed by atoms with Gasteiger partial charge >= 0.3 is 0 Å². The van der Waals surface area contributed by atoms with Crippen molar-refractivity contribution in [3.63, 3.8) is 0 Å². The molecule has 2 heteroatoms. The molecule has 0 aromatic rings. The summed E-state index contributed by atoms with van der Waals surface area (Å²) in [6.07, 6.45) is 2.77. The fourth-order valence-electron chi connectivity index (χ4n) is 1.93. The van der Waals surface area contributed by atoms with Crippen molar-refractivity contribution in [2.75, 3.05) is 0 Å². The Morgan fingerprint density at radius 3 is 1.80 bits per heavy atom. The lowest BCUT2D eigenvalue weighted by Crippen LogP contribution is -2.26. The van der Waals surface area contributed by atoms with Crippen molar-refractivity contribution in [3.8, 4) is 0 Å². The molecule has 0 fully saturated rings. The van der Waals surface area contributed by atoms with E-state index < -0.39 is 0 Å². The van der Waals surface area contributed by atoms with E-state index in [1.165, 1.54) is 12.2 Å². The molecule has 0 saturated heterocycles. The summed E-state index contributed by atoms with van der Waals surface area (Å²) >= 11 is 0. The summed E-state index contributed by atoms with van der Waals surface area (Å²) in [5.74, 6) is 0.0564. The summed E-state index contributed by atoms with van der Waals surface area (Å²) < 4.78 is 0. The molecule has 0 aliphatic heterocycles. The minimum absolute atomic E-state index is 0.0190. The zero-order chi connectivity index (χ0) is 11.8. The predicted molar refractivity (Wildman–Crippen MR) is 60.5 cm³/mol. The van der Waals surface area contributed by atoms with Crippen molar-refractivity contribution in [3.05, 3.63) is 23.3 Å². The van der Waals surface area contributed by atoms with E-state index >= 15 is 0 Å². The van der Waals surface area contributed by atoms with Crippen LogP contribution in [0.2, 0.25) is 0 Å². The normalized spacial score (nSPS) is 18.0. The standard InChI is InChI=1S/C13H18O2/c1-8(2)11-9(14)6-7-10(15)12(11)13(3,4)5/h6-8H,1-5H3. The van der Waals surface area contributed by atoms with Gasteiger partial charge in [-0.3, -0.25) is 9.59 Å². The van der Waals surface area contributed by atoms with Crippen LogP contribution in [0.4, 0.5) is 0 Å². The fourth-order valence-corrected chi connectivity index (χ4v) is 1.93. The van der Waals surface area contributed by atoms with Crippen LogP contribution in [0, 0.1) is 11.3 Å². The van der Waals surface area contributed by atoms with E-state index in [1.54, 1.807) is 0 Å². The van der Waals surface area contributed by atoms with E-state index in [0.717, 1.165) is 0 Å². The van der Waals surface area contributed by atoms with Crippen molar-refractivity contribution < 1.29 is 9.59 Å². The zero-order valence-corrected chi connectivity index (χ0v) is 10.0. The number of ketones is 2. The highest BCUT2D eigenvalue weighted by molar-refractivity contribution is 6.20. The van der Waals surface area contributed by atoms with Gasteiger partial charge in [0, 0.05) is 11.1 Å². The molecule has 0 saturated carbocycles. The fraction of sp³-hybridized carbons (Fsp3) is 0.538. The van der Waals surface area contributed by atoms with Gasteiger partial charge in [0.25, 0.3) is 0 Å². The Morgan fingerprint density at radius 1 is 1.00 bits per heavy atom. The average molecular weight is 206 g/mol. The van der Waals surface area contributed by atoms with Crippen LogP contribution in [0.1, 0.15) is 34.6 Å². The minimum atomic E-state index is -0.267. The summed E-state index contributed by atoms with van der Waals surface area (Å²) in [5.41, 5.74) is 1.08. The molecule has 1 aliphatic carbocycles. The lowest BCUT2D eigenvalue weighted by atomic mass is 9.75. The van der Waals surface area contributed by atoms with Crippen molar-refractivity contribution in [1.29, 1.82) is 0 Å². The van der Waals surface area contributed by atoms with E-state index in [2.05, 4.69) is 0 Å². The monoisotopic (exact) mass is 206 g/mol. The summed E-state index contributed by atoms with van der Waals surface area (Å²) in [6.45, 7) is 9.80. The second-order valence-electron chi connectivity index (χ2n) is 5.26. The molecular weight excluding hydrogens is 188 g/mol. The quantitative estimate of drug-likeness (QED) is 0.618. The molecule has 1 aliphatic rings. The maximum atomic E-state index is 11.8. The molecule has 0 N–H and O–H groups in total. The van der Waals surface area contributed by atoms with Gasteiger partial charge in [-0.05, 0) is 23.5 Å². The highest BCUT2D eigenvalue weighted by Crippen LogP contribution is 2.34. The Kier molecular flexibility index (Phi) is 2.98. The lowest BCUT2D eigenvalue weighted by molar-refractivity contribution is -0.116. The third-order valence-electron chi connectivity index (χ3n) is 2.49. The van der Waals surface area contributed by atoms with E-state index in [-0.39, 0.29) is 22.9 Å². The smallest absolute Gasteiger partial charge is 0.182 e. The first-order chi connectivity index (χ1) is 6.75. The first-order valence-corrected chi connectivity index (χ1v) is 5.26. The van der Waals surface area contributed by atoms with Gasteiger partial charge in [0.05, 0.1) is 0 Å². The number of rotatable bonds is 1. The Labute approximate surface area is 91.1 Å². The van der Waals surface area contributed by atoms with Crippen LogP contribution in [-0.2, 0) is 9.59 Å². The zero-order valence-electron chi connectivity index (χ0n) is 10.0. The second-order valence-corrected chi connectivity index (χ2v) is 5.26. The van der Waals surface area contributed by atoms with Gasteiger partial charge in [-0.2, -0.15) is 0 Å². The minimum Gasteiger partial charge on any atom is -0.290 e. The maximum absolute atomic E-state index is 11.8. The highest BCUT2D eigenvalue weighted by atomic mass is 16.1. The Bertz CT molecular complexity index is 362. The van der Waals surface area contributed by atoms with E-state index in [9.17, 15) is 9.59 Å². The van der Waals surface area contributed by atoms with Crippen LogP contribution in [-0.4, -0.2) is 11.6 Å². The lowest BCUT2D eigenvalue weighted by Gasteiger charge is -2.27. The van der Waals surface area contributed by atoms with Gasteiger partial charge in [-0.25, -0.2) is 0 Å². The molecule has 0 aromatic carbocycles. The summed E-state index contributed by atoms with van der Waals surface area (Å²) in [6, 6.07) is 0. The molecule has 0 radical (unpaired) electrons. The van der Waals surface area contributed by atoms with Gasteiger partial charge in [0.1, 0.15) is 0 Å². The molecule has 0 amide bonds. The van der Waals surface area contributed by atoms with Crippen molar-refractivity contribution in [2.24, 2.45) is 11.3 Å². The Hall–Kier alpha value is -1.18. The third kappa shape index (κ3) is 2.25. The molecule has 0 spiro atoms. The first kappa shape index (κ1) is 11.9. The summed E-state index contributed by atoms with van der Waals surface area (Å²) in [4.78, 5) is 23.5. The van der Waals surface area contributed by atoms with Gasteiger partial charge in [0.2, 0.25) is 0 Å². The number of hydrogen-bond donors (Lipinski definition) is 0. The van der Waals surface area contributed by atoms with Crippen LogP contribution in [0.3, 0.4) is 0 Å². The molecule has 15 heavy (non-hydrogen) atoms. The topological polar surface area (TPSA) is 34.1 Å². The summed E-state index contributed by atoms with van der Waals surface area (Å²) in [5, 5.41) is 0. The maximum Gasteiger partial charge on any atom is 0.182 e. The van der Waals surface area contributed by atoms with Crippen LogP contribution >= 0.6 is 0 Å². The Balaban J connectivity index is 3.39. The first-order valence-electron chi connectivity index (χ1n) is 5.26.